The van der Waals surface area contributed by atoms with Crippen molar-refractivity contribution in [2.45, 2.75) is 50.6 Å². The summed E-state index contributed by atoms with van der Waals surface area (Å²) in [5, 5.41) is 17.3. The van der Waals surface area contributed by atoms with Gasteiger partial charge in [-0.05, 0) is 80.5 Å². The number of carbonyl (C=O) groups excluding carboxylic acids is 1. The molecular formula is C40H34F4N8O3. The second kappa shape index (κ2) is 14.6. The van der Waals surface area contributed by atoms with Crippen LogP contribution in [0.3, 0.4) is 0 Å². The summed E-state index contributed by atoms with van der Waals surface area (Å²) in [5.74, 6) is 0.345. The summed E-state index contributed by atoms with van der Waals surface area (Å²) < 4.78 is 68.3. The van der Waals surface area contributed by atoms with E-state index in [1.54, 1.807) is 30.3 Å². The number of carbonyl (C=O) groups is 1. The van der Waals surface area contributed by atoms with Gasteiger partial charge in [0.05, 0.1) is 47.4 Å². The molecule has 0 spiro atoms. The molecule has 1 atom stereocenters. The Hall–Kier alpha value is -6.11. The van der Waals surface area contributed by atoms with E-state index in [4.69, 9.17) is 24.7 Å². The fourth-order valence-corrected chi connectivity index (χ4v) is 7.06. The Bertz CT molecular complexity index is 2470. The van der Waals surface area contributed by atoms with Gasteiger partial charge in [-0.1, -0.05) is 18.7 Å². The van der Waals surface area contributed by atoms with E-state index < -0.39 is 23.6 Å². The molecule has 2 fully saturated rings. The van der Waals surface area contributed by atoms with Crippen LogP contribution in [0.15, 0.2) is 79.4 Å². The first-order valence-electron chi connectivity index (χ1n) is 17.7. The van der Waals surface area contributed by atoms with E-state index in [0.717, 1.165) is 55.1 Å². The third-order valence-corrected chi connectivity index (χ3v) is 10.1. The first kappa shape index (κ1) is 35.9. The first-order chi connectivity index (χ1) is 26.5. The van der Waals surface area contributed by atoms with Gasteiger partial charge < -0.3 is 14.8 Å². The average molecular weight is 751 g/mol. The third kappa shape index (κ3) is 7.38. The van der Waals surface area contributed by atoms with Crippen molar-refractivity contribution in [2.24, 2.45) is 0 Å². The molecule has 3 aromatic heterocycles. The minimum Gasteiger partial charge on any atom is -0.473 e. The molecule has 2 N–H and O–H groups in total. The third-order valence-electron chi connectivity index (χ3n) is 10.1. The number of hydrogen-bond donors (Lipinski definition) is 2. The van der Waals surface area contributed by atoms with Crippen LogP contribution in [0.2, 0.25) is 0 Å². The fourth-order valence-electron chi connectivity index (χ4n) is 7.06. The Kier molecular flexibility index (Phi) is 9.54. The quantitative estimate of drug-likeness (QED) is 0.136. The summed E-state index contributed by atoms with van der Waals surface area (Å²) in [5.41, 5.74) is 3.22. The van der Waals surface area contributed by atoms with Crippen molar-refractivity contribution in [3.63, 3.8) is 0 Å². The van der Waals surface area contributed by atoms with E-state index in [0.29, 0.717) is 35.7 Å². The topological polar surface area (TPSA) is 134 Å². The molecule has 0 aliphatic carbocycles. The number of pyridine rings is 1. The number of likely N-dealkylation sites (tertiary alicyclic amines) is 1. The van der Waals surface area contributed by atoms with Crippen molar-refractivity contribution < 1.29 is 31.8 Å². The number of halogens is 4. The molecule has 0 bridgehead atoms. The molecule has 1 unspecified atom stereocenters. The molecule has 2 aliphatic heterocycles. The lowest BCUT2D eigenvalue weighted by molar-refractivity contribution is -0.139. The van der Waals surface area contributed by atoms with Gasteiger partial charge in [-0.15, -0.1) is 0 Å². The lowest BCUT2D eigenvalue weighted by Crippen LogP contribution is -2.35. The molecule has 55 heavy (non-hydrogen) atoms. The summed E-state index contributed by atoms with van der Waals surface area (Å²) in [6, 6.07) is 21.1. The van der Waals surface area contributed by atoms with E-state index >= 15 is 0 Å². The zero-order chi connectivity index (χ0) is 38.3. The van der Waals surface area contributed by atoms with E-state index in [1.165, 1.54) is 30.3 Å². The standard InChI is InChI=1S/C40H34F4N8O3/c1-23(35-13-16-54-35)52-34-10-7-26(39(53)46-28-8-9-32-29(19-28)38(50-49-32)40(42,43)44)18-33(34)47-36(52)21-51-14-11-25(12-15-51)31-3-2-4-37(48-31)55-22-27-6-5-24(20-45)17-30(27)41/h2-10,17-19,25,35H,1,11-16,21-22H2,(H,46,53)(H,49,50). The zero-order valence-electron chi connectivity index (χ0n) is 29.4. The molecule has 5 heterocycles. The number of hydrogen-bond acceptors (Lipinski definition) is 8. The van der Waals surface area contributed by atoms with Crippen LogP contribution in [0.5, 0.6) is 5.88 Å². The molecular weight excluding hydrogens is 716 g/mol. The van der Waals surface area contributed by atoms with Crippen molar-refractivity contribution in [1.82, 2.24) is 29.6 Å². The highest BCUT2D eigenvalue weighted by atomic mass is 19.4. The average Bonchev–Trinajstić information content (AvgIpc) is 3.75. The normalized spacial score (nSPS) is 16.5. The number of aromatic nitrogens is 5. The van der Waals surface area contributed by atoms with Gasteiger partial charge in [0, 0.05) is 52.0 Å². The number of benzene rings is 3. The van der Waals surface area contributed by atoms with Gasteiger partial charge in [0.25, 0.3) is 5.91 Å². The number of nitrogens with one attached hydrogen (secondary N) is 2. The van der Waals surface area contributed by atoms with E-state index in [9.17, 15) is 22.4 Å². The van der Waals surface area contributed by atoms with Crippen LogP contribution in [0.4, 0.5) is 23.2 Å². The minimum absolute atomic E-state index is 0.00873. The summed E-state index contributed by atoms with van der Waals surface area (Å²) in [7, 11) is 0. The van der Waals surface area contributed by atoms with Gasteiger partial charge in [-0.3, -0.25) is 19.4 Å². The van der Waals surface area contributed by atoms with Crippen LogP contribution in [-0.2, 0) is 24.1 Å². The largest absolute Gasteiger partial charge is 0.473 e. The summed E-state index contributed by atoms with van der Waals surface area (Å²) in [6.45, 7) is 7.05. The number of anilines is 1. The maximum Gasteiger partial charge on any atom is 0.433 e. The van der Waals surface area contributed by atoms with Gasteiger partial charge >= 0.3 is 6.18 Å². The number of H-pyrrole nitrogens is 1. The van der Waals surface area contributed by atoms with Crippen LogP contribution in [0.1, 0.15) is 63.9 Å². The van der Waals surface area contributed by atoms with Crippen LogP contribution >= 0.6 is 0 Å². The van der Waals surface area contributed by atoms with E-state index in [-0.39, 0.29) is 40.8 Å². The Balaban J connectivity index is 0.958. The summed E-state index contributed by atoms with van der Waals surface area (Å²) in [6.07, 6.45) is -2.27. The highest BCUT2D eigenvalue weighted by molar-refractivity contribution is 6.07. The first-order valence-corrected chi connectivity index (χ1v) is 17.7. The van der Waals surface area contributed by atoms with E-state index in [1.807, 2.05) is 27.9 Å². The van der Waals surface area contributed by atoms with Crippen LogP contribution in [0, 0.1) is 17.1 Å². The molecule has 0 radical (unpaired) electrons. The number of imidazole rings is 1. The number of amides is 1. The highest BCUT2D eigenvalue weighted by Crippen LogP contribution is 2.35. The molecule has 1 amide bonds. The number of ether oxygens (including phenoxy) is 2. The number of aromatic amines is 1. The number of rotatable bonds is 10. The fraction of sp³-hybridized carbons (Fsp3) is 0.275. The van der Waals surface area contributed by atoms with Crippen LogP contribution in [0.25, 0.3) is 27.6 Å². The van der Waals surface area contributed by atoms with Gasteiger partial charge in [0.15, 0.2) is 0 Å². The number of fused-ring (bicyclic) bond motifs is 2. The molecule has 8 rings (SSSR count). The molecule has 11 nitrogen and oxygen atoms in total. The molecule has 0 saturated carbocycles. The lowest BCUT2D eigenvalue weighted by atomic mass is 9.93. The predicted octanol–water partition coefficient (Wildman–Crippen LogP) is 7.81. The van der Waals surface area contributed by atoms with Crippen molar-refractivity contribution in [3.8, 4) is 11.9 Å². The van der Waals surface area contributed by atoms with Crippen molar-refractivity contribution in [3.05, 3.63) is 119 Å². The SMILES string of the molecule is C=C(C1CCO1)n1c(CN2CCC(c3cccc(OCc4ccc(C#N)cc4F)n3)CC2)nc2cc(C(=O)Nc3ccc4n[nH]c(C(F)(F)F)c4c3)ccc21. The second-order valence-corrected chi connectivity index (χ2v) is 13.6. The smallest absolute Gasteiger partial charge is 0.433 e. The van der Waals surface area contributed by atoms with Crippen LogP contribution < -0.4 is 10.1 Å². The number of nitriles is 1. The Labute approximate surface area is 312 Å². The Morgan fingerprint density at radius 1 is 1.04 bits per heavy atom. The maximum atomic E-state index is 14.4. The highest BCUT2D eigenvalue weighted by Gasteiger charge is 2.35. The second-order valence-electron chi connectivity index (χ2n) is 13.6. The van der Waals surface area contributed by atoms with Crippen molar-refractivity contribution >= 4 is 39.2 Å². The van der Waals surface area contributed by atoms with Gasteiger partial charge in [-0.25, -0.2) is 14.4 Å². The van der Waals surface area contributed by atoms with Gasteiger partial charge in [-0.2, -0.15) is 23.5 Å². The minimum atomic E-state index is -4.62. The molecule has 15 heteroatoms. The van der Waals surface area contributed by atoms with E-state index in [2.05, 4.69) is 21.9 Å². The van der Waals surface area contributed by atoms with Crippen molar-refractivity contribution in [1.29, 1.82) is 5.26 Å². The zero-order valence-corrected chi connectivity index (χ0v) is 29.4. The molecule has 3 aromatic carbocycles. The van der Waals surface area contributed by atoms with Gasteiger partial charge in [0.1, 0.15) is 23.9 Å². The summed E-state index contributed by atoms with van der Waals surface area (Å²) >= 11 is 0. The Morgan fingerprint density at radius 3 is 2.58 bits per heavy atom. The lowest BCUT2D eigenvalue weighted by Gasteiger charge is -2.33. The van der Waals surface area contributed by atoms with Crippen molar-refractivity contribution in [2.75, 3.05) is 25.0 Å². The Morgan fingerprint density at radius 2 is 1.85 bits per heavy atom. The number of piperidine rings is 1. The molecule has 6 aromatic rings. The monoisotopic (exact) mass is 750 g/mol. The predicted molar refractivity (Wildman–Crippen MR) is 195 cm³/mol. The summed E-state index contributed by atoms with van der Waals surface area (Å²) in [4.78, 5) is 25.3. The molecule has 2 aliphatic rings. The molecule has 2 saturated heterocycles. The number of alkyl halides is 3. The maximum absolute atomic E-state index is 14.4. The number of nitrogens with zero attached hydrogens (tertiary/aromatic N) is 6. The van der Waals surface area contributed by atoms with Gasteiger partial charge in [0.2, 0.25) is 5.88 Å². The molecule has 280 valence electrons. The van der Waals surface area contributed by atoms with Crippen LogP contribution in [-0.4, -0.2) is 61.3 Å².